The molecule has 1 N–H and O–H groups in total. The third kappa shape index (κ3) is 3.77. The number of benzene rings is 1. The SMILES string of the molecule is COCCNCC1(Cc2ccc(Br)cc2F)CC1. The van der Waals surface area contributed by atoms with Crippen molar-refractivity contribution in [3.05, 3.63) is 34.1 Å². The van der Waals surface area contributed by atoms with E-state index in [1.807, 2.05) is 12.1 Å². The maximum atomic E-state index is 13.8. The van der Waals surface area contributed by atoms with Crippen molar-refractivity contribution < 1.29 is 9.13 Å². The van der Waals surface area contributed by atoms with Crippen LogP contribution in [-0.4, -0.2) is 26.8 Å². The van der Waals surface area contributed by atoms with E-state index >= 15 is 0 Å². The van der Waals surface area contributed by atoms with Gasteiger partial charge in [-0.15, -0.1) is 0 Å². The summed E-state index contributed by atoms with van der Waals surface area (Å²) in [6.45, 7) is 2.54. The molecule has 0 heterocycles. The Hall–Kier alpha value is -0.450. The lowest BCUT2D eigenvalue weighted by Crippen LogP contribution is -2.28. The number of halogens is 2. The molecular weight excluding hydrogens is 297 g/mol. The molecule has 18 heavy (non-hydrogen) atoms. The molecule has 1 aromatic carbocycles. The fourth-order valence-electron chi connectivity index (χ4n) is 2.19. The Bertz CT molecular complexity index is 407. The third-order valence-corrected chi connectivity index (χ3v) is 4.01. The van der Waals surface area contributed by atoms with Gasteiger partial charge in [0.15, 0.2) is 0 Å². The Morgan fingerprint density at radius 1 is 1.44 bits per heavy atom. The van der Waals surface area contributed by atoms with Crippen molar-refractivity contribution >= 4 is 15.9 Å². The van der Waals surface area contributed by atoms with E-state index in [-0.39, 0.29) is 11.2 Å². The molecule has 0 bridgehead atoms. The Labute approximate surface area is 116 Å². The predicted molar refractivity (Wildman–Crippen MR) is 74.2 cm³/mol. The van der Waals surface area contributed by atoms with Gasteiger partial charge in [-0.1, -0.05) is 22.0 Å². The monoisotopic (exact) mass is 315 g/mol. The Balaban J connectivity index is 1.88. The molecule has 0 aliphatic heterocycles. The highest BCUT2D eigenvalue weighted by Crippen LogP contribution is 2.48. The normalized spacial score (nSPS) is 16.8. The highest BCUT2D eigenvalue weighted by Gasteiger charge is 2.42. The minimum atomic E-state index is -0.104. The van der Waals surface area contributed by atoms with Crippen molar-refractivity contribution in [2.45, 2.75) is 19.3 Å². The molecule has 0 amide bonds. The van der Waals surface area contributed by atoms with Crippen LogP contribution in [-0.2, 0) is 11.2 Å². The molecule has 2 nitrogen and oxygen atoms in total. The van der Waals surface area contributed by atoms with Crippen molar-refractivity contribution in [3.63, 3.8) is 0 Å². The molecule has 0 unspecified atom stereocenters. The van der Waals surface area contributed by atoms with Crippen LogP contribution in [0.4, 0.5) is 4.39 Å². The fourth-order valence-corrected chi connectivity index (χ4v) is 2.52. The van der Waals surface area contributed by atoms with Crippen molar-refractivity contribution in [1.82, 2.24) is 5.32 Å². The molecule has 0 spiro atoms. The molecule has 4 heteroatoms. The third-order valence-electron chi connectivity index (χ3n) is 3.52. The minimum absolute atomic E-state index is 0.104. The molecule has 0 atom stereocenters. The van der Waals surface area contributed by atoms with Crippen LogP contribution in [0.5, 0.6) is 0 Å². The Kier molecular flexibility index (Phi) is 4.76. The zero-order valence-corrected chi connectivity index (χ0v) is 12.2. The maximum Gasteiger partial charge on any atom is 0.127 e. The molecular formula is C14H19BrFNO. The van der Waals surface area contributed by atoms with Crippen molar-refractivity contribution in [3.8, 4) is 0 Å². The second-order valence-electron chi connectivity index (χ2n) is 5.08. The van der Waals surface area contributed by atoms with Crippen molar-refractivity contribution in [2.75, 3.05) is 26.8 Å². The number of nitrogens with one attached hydrogen (secondary N) is 1. The van der Waals surface area contributed by atoms with Crippen LogP contribution in [0, 0.1) is 11.2 Å². The zero-order chi connectivity index (χ0) is 13.0. The molecule has 0 aromatic heterocycles. The van der Waals surface area contributed by atoms with Gasteiger partial charge in [0.1, 0.15) is 5.82 Å². The van der Waals surface area contributed by atoms with Crippen LogP contribution < -0.4 is 5.32 Å². The van der Waals surface area contributed by atoms with Crippen LogP contribution in [0.1, 0.15) is 18.4 Å². The summed E-state index contributed by atoms with van der Waals surface area (Å²) in [5.74, 6) is -0.104. The van der Waals surface area contributed by atoms with E-state index in [0.29, 0.717) is 0 Å². The molecule has 0 radical (unpaired) electrons. The number of ether oxygens (including phenoxy) is 1. The second kappa shape index (κ2) is 6.13. The van der Waals surface area contributed by atoms with Gasteiger partial charge in [0.25, 0.3) is 0 Å². The molecule has 1 aliphatic rings. The smallest absolute Gasteiger partial charge is 0.127 e. The van der Waals surface area contributed by atoms with Crippen LogP contribution in [0.3, 0.4) is 0 Å². The topological polar surface area (TPSA) is 21.3 Å². The van der Waals surface area contributed by atoms with E-state index < -0.39 is 0 Å². The van der Waals surface area contributed by atoms with Crippen LogP contribution in [0.15, 0.2) is 22.7 Å². The summed E-state index contributed by atoms with van der Waals surface area (Å²) in [7, 11) is 1.70. The summed E-state index contributed by atoms with van der Waals surface area (Å²) in [5, 5.41) is 3.38. The molecule has 1 aromatic rings. The van der Waals surface area contributed by atoms with Gasteiger partial charge in [0.05, 0.1) is 6.61 Å². The van der Waals surface area contributed by atoms with Crippen LogP contribution in [0.25, 0.3) is 0 Å². The van der Waals surface area contributed by atoms with E-state index in [0.717, 1.165) is 36.2 Å². The lowest BCUT2D eigenvalue weighted by molar-refractivity contribution is 0.197. The first-order valence-corrected chi connectivity index (χ1v) is 7.08. The predicted octanol–water partition coefficient (Wildman–Crippen LogP) is 3.15. The Morgan fingerprint density at radius 3 is 2.83 bits per heavy atom. The van der Waals surface area contributed by atoms with E-state index in [2.05, 4.69) is 21.2 Å². The first-order chi connectivity index (χ1) is 8.65. The molecule has 1 saturated carbocycles. The zero-order valence-electron chi connectivity index (χ0n) is 10.6. The van der Waals surface area contributed by atoms with Crippen LogP contribution >= 0.6 is 15.9 Å². The van der Waals surface area contributed by atoms with Gasteiger partial charge in [-0.3, -0.25) is 0 Å². The van der Waals surface area contributed by atoms with Crippen LogP contribution in [0.2, 0.25) is 0 Å². The average molecular weight is 316 g/mol. The first kappa shape index (κ1) is 14.0. The van der Waals surface area contributed by atoms with Gasteiger partial charge in [-0.2, -0.15) is 0 Å². The number of methoxy groups -OCH3 is 1. The van der Waals surface area contributed by atoms with Gasteiger partial charge in [0.2, 0.25) is 0 Å². The van der Waals surface area contributed by atoms with Gasteiger partial charge < -0.3 is 10.1 Å². The molecule has 100 valence electrons. The van der Waals surface area contributed by atoms with E-state index in [4.69, 9.17) is 4.74 Å². The summed E-state index contributed by atoms with van der Waals surface area (Å²) in [5.41, 5.74) is 1.09. The summed E-state index contributed by atoms with van der Waals surface area (Å²) in [6, 6.07) is 5.34. The first-order valence-electron chi connectivity index (χ1n) is 6.29. The molecule has 1 fully saturated rings. The summed E-state index contributed by atoms with van der Waals surface area (Å²) >= 11 is 3.28. The van der Waals surface area contributed by atoms with Gasteiger partial charge in [-0.25, -0.2) is 4.39 Å². The number of hydrogen-bond acceptors (Lipinski definition) is 2. The standard InChI is InChI=1S/C14H19BrFNO/c1-18-7-6-17-10-14(4-5-14)9-11-2-3-12(15)8-13(11)16/h2-3,8,17H,4-7,9-10H2,1H3. The largest absolute Gasteiger partial charge is 0.383 e. The minimum Gasteiger partial charge on any atom is -0.383 e. The molecule has 0 saturated heterocycles. The molecule has 1 aliphatic carbocycles. The van der Waals surface area contributed by atoms with E-state index in [1.165, 1.54) is 12.8 Å². The van der Waals surface area contributed by atoms with E-state index in [9.17, 15) is 4.39 Å². The quantitative estimate of drug-likeness (QED) is 0.780. The maximum absolute atomic E-state index is 13.8. The highest BCUT2D eigenvalue weighted by molar-refractivity contribution is 9.10. The fraction of sp³-hybridized carbons (Fsp3) is 0.571. The lowest BCUT2D eigenvalue weighted by Gasteiger charge is -2.16. The Morgan fingerprint density at radius 2 is 2.22 bits per heavy atom. The second-order valence-corrected chi connectivity index (χ2v) is 6.00. The average Bonchev–Trinajstić information content (AvgIpc) is 3.09. The van der Waals surface area contributed by atoms with Gasteiger partial charge >= 0.3 is 0 Å². The summed E-state index contributed by atoms with van der Waals surface area (Å²) in [6.07, 6.45) is 3.19. The van der Waals surface area contributed by atoms with E-state index in [1.54, 1.807) is 13.2 Å². The number of rotatable bonds is 7. The van der Waals surface area contributed by atoms with Gasteiger partial charge in [-0.05, 0) is 42.4 Å². The highest BCUT2D eigenvalue weighted by atomic mass is 79.9. The number of hydrogen-bond donors (Lipinski definition) is 1. The van der Waals surface area contributed by atoms with Crippen molar-refractivity contribution in [1.29, 1.82) is 0 Å². The molecule has 2 rings (SSSR count). The van der Waals surface area contributed by atoms with Gasteiger partial charge in [0, 0.05) is 24.7 Å². The summed E-state index contributed by atoms with van der Waals surface area (Å²) in [4.78, 5) is 0. The lowest BCUT2D eigenvalue weighted by atomic mass is 9.96. The van der Waals surface area contributed by atoms with Crippen molar-refractivity contribution in [2.24, 2.45) is 5.41 Å². The summed E-state index contributed by atoms with van der Waals surface area (Å²) < 4.78 is 19.6.